The van der Waals surface area contributed by atoms with Gasteiger partial charge in [-0.25, -0.2) is 13.8 Å². The van der Waals surface area contributed by atoms with E-state index in [1.807, 2.05) is 0 Å². The highest BCUT2D eigenvalue weighted by molar-refractivity contribution is 5.91. The number of hydrogen-bond acceptors (Lipinski definition) is 4. The van der Waals surface area contributed by atoms with Crippen LogP contribution in [0.2, 0.25) is 0 Å². The first kappa shape index (κ1) is 17.7. The molecule has 0 aliphatic carbocycles. The molecular formula is C19H22F2N2O2. The first-order chi connectivity index (χ1) is 12.1. The second kappa shape index (κ2) is 8.34. The highest BCUT2D eigenvalue weighted by Crippen LogP contribution is 2.24. The minimum absolute atomic E-state index is 0.0410. The van der Waals surface area contributed by atoms with Crippen LogP contribution in [0.4, 0.5) is 8.78 Å². The SMILES string of the molecule is O=C(CCCC1CCN(Cc2ccc(F)c(F)c2)CC1)c1ncco1. The number of carbonyl (C=O) groups is 1. The molecule has 0 bridgehead atoms. The maximum Gasteiger partial charge on any atom is 0.263 e. The van der Waals surface area contributed by atoms with E-state index in [1.165, 1.54) is 24.6 Å². The highest BCUT2D eigenvalue weighted by Gasteiger charge is 2.20. The van der Waals surface area contributed by atoms with Crippen molar-refractivity contribution in [2.24, 2.45) is 5.92 Å². The summed E-state index contributed by atoms with van der Waals surface area (Å²) in [6.07, 6.45) is 7.36. The summed E-state index contributed by atoms with van der Waals surface area (Å²) >= 11 is 0. The Hall–Kier alpha value is -2.08. The summed E-state index contributed by atoms with van der Waals surface area (Å²) < 4.78 is 31.2. The molecule has 1 fully saturated rings. The van der Waals surface area contributed by atoms with Gasteiger partial charge >= 0.3 is 0 Å². The van der Waals surface area contributed by atoms with Crippen molar-refractivity contribution in [1.29, 1.82) is 0 Å². The van der Waals surface area contributed by atoms with Gasteiger partial charge in [-0.1, -0.05) is 6.07 Å². The average Bonchev–Trinajstić information content (AvgIpc) is 3.14. The van der Waals surface area contributed by atoms with E-state index in [1.54, 1.807) is 6.07 Å². The summed E-state index contributed by atoms with van der Waals surface area (Å²) in [6, 6.07) is 4.09. The maximum absolute atomic E-state index is 13.3. The van der Waals surface area contributed by atoms with Crippen LogP contribution in [0.3, 0.4) is 0 Å². The second-order valence-electron chi connectivity index (χ2n) is 6.62. The molecule has 1 aromatic heterocycles. The Morgan fingerprint density at radius 1 is 1.24 bits per heavy atom. The number of nitrogens with zero attached hydrogens (tertiary/aromatic N) is 2. The van der Waals surface area contributed by atoms with E-state index in [-0.39, 0.29) is 11.7 Å². The lowest BCUT2D eigenvalue weighted by atomic mass is 9.91. The van der Waals surface area contributed by atoms with E-state index >= 15 is 0 Å². The smallest absolute Gasteiger partial charge is 0.263 e. The third kappa shape index (κ3) is 4.95. The summed E-state index contributed by atoms with van der Waals surface area (Å²) in [4.78, 5) is 18.0. The van der Waals surface area contributed by atoms with Crippen molar-refractivity contribution in [2.45, 2.75) is 38.6 Å². The third-order valence-electron chi connectivity index (χ3n) is 4.78. The van der Waals surface area contributed by atoms with Crippen LogP contribution in [-0.4, -0.2) is 28.8 Å². The third-order valence-corrected chi connectivity index (χ3v) is 4.78. The topological polar surface area (TPSA) is 46.3 Å². The van der Waals surface area contributed by atoms with Gasteiger partial charge in [-0.2, -0.15) is 0 Å². The lowest BCUT2D eigenvalue weighted by molar-refractivity contribution is 0.0940. The zero-order valence-electron chi connectivity index (χ0n) is 14.1. The predicted molar refractivity (Wildman–Crippen MR) is 89.0 cm³/mol. The standard InChI is InChI=1S/C19H22F2N2O2/c20-16-5-4-15(12-17(16)21)13-23-9-6-14(7-10-23)2-1-3-18(24)19-22-8-11-25-19/h4-5,8,11-12,14H,1-3,6-7,9-10,13H2. The van der Waals surface area contributed by atoms with Crippen LogP contribution in [0.25, 0.3) is 0 Å². The van der Waals surface area contributed by atoms with Crippen LogP contribution in [0.1, 0.15) is 48.4 Å². The fraction of sp³-hybridized carbons (Fsp3) is 0.474. The van der Waals surface area contributed by atoms with Gasteiger partial charge in [-0.05, 0) is 62.4 Å². The normalized spacial score (nSPS) is 16.2. The summed E-state index contributed by atoms with van der Waals surface area (Å²) in [5.74, 6) is -0.828. The minimum Gasteiger partial charge on any atom is -0.442 e. The number of aromatic nitrogens is 1. The van der Waals surface area contributed by atoms with Gasteiger partial charge in [0.05, 0.1) is 6.20 Å². The van der Waals surface area contributed by atoms with Crippen LogP contribution < -0.4 is 0 Å². The summed E-state index contributed by atoms with van der Waals surface area (Å²) in [5.41, 5.74) is 0.800. The van der Waals surface area contributed by atoms with E-state index in [0.717, 1.165) is 44.3 Å². The lowest BCUT2D eigenvalue weighted by Gasteiger charge is -2.32. The number of halogens is 2. The zero-order chi connectivity index (χ0) is 17.6. The van der Waals surface area contributed by atoms with Crippen molar-refractivity contribution in [2.75, 3.05) is 13.1 Å². The molecule has 2 aromatic rings. The molecule has 134 valence electrons. The Balaban J connectivity index is 1.37. The van der Waals surface area contributed by atoms with Crippen molar-refractivity contribution < 1.29 is 18.0 Å². The number of rotatable bonds is 7. The fourth-order valence-corrected chi connectivity index (χ4v) is 3.35. The Bertz CT molecular complexity index is 695. The number of likely N-dealkylation sites (tertiary alicyclic amines) is 1. The molecule has 0 unspecified atom stereocenters. The summed E-state index contributed by atoms with van der Waals surface area (Å²) in [7, 11) is 0. The van der Waals surface area contributed by atoms with Gasteiger partial charge in [0.1, 0.15) is 6.26 Å². The van der Waals surface area contributed by atoms with Crippen molar-refractivity contribution in [3.8, 4) is 0 Å². The fourth-order valence-electron chi connectivity index (χ4n) is 3.35. The molecule has 25 heavy (non-hydrogen) atoms. The van der Waals surface area contributed by atoms with Gasteiger partial charge in [0.25, 0.3) is 5.89 Å². The highest BCUT2D eigenvalue weighted by atomic mass is 19.2. The average molecular weight is 348 g/mol. The molecule has 1 aromatic carbocycles. The van der Waals surface area contributed by atoms with Crippen LogP contribution >= 0.6 is 0 Å². The number of Topliss-reactive ketones (excluding diaryl/α,β-unsaturated/α-hetero) is 1. The van der Waals surface area contributed by atoms with Crippen LogP contribution in [0.15, 0.2) is 35.1 Å². The Morgan fingerprint density at radius 3 is 2.72 bits per heavy atom. The molecule has 2 heterocycles. The van der Waals surface area contributed by atoms with Crippen molar-refractivity contribution >= 4 is 5.78 Å². The second-order valence-corrected chi connectivity index (χ2v) is 6.62. The predicted octanol–water partition coefficient (Wildman–Crippen LogP) is 4.22. The molecule has 1 aliphatic rings. The van der Waals surface area contributed by atoms with Crippen LogP contribution in [-0.2, 0) is 6.54 Å². The molecule has 0 atom stereocenters. The summed E-state index contributed by atoms with van der Waals surface area (Å²) in [5, 5.41) is 0. The van der Waals surface area contributed by atoms with Gasteiger partial charge in [-0.15, -0.1) is 0 Å². The minimum atomic E-state index is -0.804. The van der Waals surface area contributed by atoms with Gasteiger partial charge in [0.2, 0.25) is 5.78 Å². The quantitative estimate of drug-likeness (QED) is 0.703. The van der Waals surface area contributed by atoms with Gasteiger partial charge in [-0.3, -0.25) is 9.69 Å². The molecule has 0 amide bonds. The number of carbonyl (C=O) groups excluding carboxylic acids is 1. The number of ketones is 1. The molecule has 1 saturated heterocycles. The van der Waals surface area contributed by atoms with Crippen molar-refractivity contribution in [3.05, 3.63) is 53.7 Å². The number of piperidine rings is 1. The Kier molecular flexibility index (Phi) is 5.91. The van der Waals surface area contributed by atoms with E-state index in [4.69, 9.17) is 4.42 Å². The van der Waals surface area contributed by atoms with Crippen LogP contribution in [0.5, 0.6) is 0 Å². The molecule has 0 saturated carbocycles. The molecule has 1 aliphatic heterocycles. The number of hydrogen-bond donors (Lipinski definition) is 0. The van der Waals surface area contributed by atoms with E-state index in [2.05, 4.69) is 9.88 Å². The molecule has 4 nitrogen and oxygen atoms in total. The Labute approximate surface area is 145 Å². The molecule has 6 heteroatoms. The van der Waals surface area contributed by atoms with Gasteiger partial charge in [0.15, 0.2) is 11.6 Å². The molecule has 3 rings (SSSR count). The number of benzene rings is 1. The van der Waals surface area contributed by atoms with E-state index in [9.17, 15) is 13.6 Å². The molecule has 0 spiro atoms. The van der Waals surface area contributed by atoms with Crippen molar-refractivity contribution in [3.63, 3.8) is 0 Å². The molecule has 0 N–H and O–H groups in total. The van der Waals surface area contributed by atoms with Gasteiger partial charge in [0, 0.05) is 13.0 Å². The Morgan fingerprint density at radius 2 is 2.04 bits per heavy atom. The van der Waals surface area contributed by atoms with Gasteiger partial charge < -0.3 is 4.42 Å². The zero-order valence-corrected chi connectivity index (χ0v) is 14.1. The first-order valence-electron chi connectivity index (χ1n) is 8.71. The van der Waals surface area contributed by atoms with Crippen molar-refractivity contribution in [1.82, 2.24) is 9.88 Å². The summed E-state index contributed by atoms with van der Waals surface area (Å²) in [6.45, 7) is 2.53. The van der Waals surface area contributed by atoms with E-state index in [0.29, 0.717) is 18.9 Å². The monoisotopic (exact) mass is 348 g/mol. The number of oxazole rings is 1. The largest absolute Gasteiger partial charge is 0.442 e. The molecule has 0 radical (unpaired) electrons. The van der Waals surface area contributed by atoms with E-state index < -0.39 is 11.6 Å². The first-order valence-corrected chi connectivity index (χ1v) is 8.71. The molecular weight excluding hydrogens is 326 g/mol. The van der Waals surface area contributed by atoms with Crippen LogP contribution in [0, 0.1) is 17.6 Å². The lowest BCUT2D eigenvalue weighted by Crippen LogP contribution is -2.33. The maximum atomic E-state index is 13.3.